The molecular weight excluding hydrogens is 158 g/mol. The summed E-state index contributed by atoms with van der Waals surface area (Å²) in [5.74, 6) is -0.717. The molecule has 12 heavy (non-hydrogen) atoms. The maximum Gasteiger partial charge on any atom is 0.341 e. The molecular formula is C8H9NO3. The molecule has 0 aromatic carbocycles. The molecule has 0 atom stereocenters. The Kier molecular flexibility index (Phi) is 2.28. The molecule has 4 nitrogen and oxygen atoms in total. The Hall–Kier alpha value is -1.58. The van der Waals surface area contributed by atoms with Crippen molar-refractivity contribution in [2.45, 2.75) is 6.92 Å². The smallest absolute Gasteiger partial charge is 0.341 e. The molecule has 1 aromatic rings. The fraction of sp³-hybridized carbons (Fsp3) is 0.250. The monoisotopic (exact) mass is 167 g/mol. The number of esters is 1. The summed E-state index contributed by atoms with van der Waals surface area (Å²) in [6.07, 6.45) is 1.22. The predicted octanol–water partition coefficient (Wildman–Crippen LogP) is 0.882. The summed E-state index contributed by atoms with van der Waals surface area (Å²) in [7, 11) is 1.26. The molecule has 0 unspecified atom stereocenters. The lowest BCUT2D eigenvalue weighted by atomic mass is 10.2. The van der Waals surface area contributed by atoms with Gasteiger partial charge >= 0.3 is 5.97 Å². The molecule has 1 aromatic heterocycles. The average molecular weight is 167 g/mol. The molecule has 64 valence electrons. The molecule has 0 amide bonds. The summed E-state index contributed by atoms with van der Waals surface area (Å²) in [6.45, 7) is 1.73. The van der Waals surface area contributed by atoms with Gasteiger partial charge in [-0.05, 0) is 13.0 Å². The minimum absolute atomic E-state index is 0.144. The van der Waals surface area contributed by atoms with Gasteiger partial charge in [-0.25, -0.2) is 4.79 Å². The van der Waals surface area contributed by atoms with Crippen molar-refractivity contribution in [3.8, 4) is 5.75 Å². The highest BCUT2D eigenvalue weighted by Gasteiger charge is 2.11. The lowest BCUT2D eigenvalue weighted by Crippen LogP contribution is -2.02. The summed E-state index contributed by atoms with van der Waals surface area (Å²) >= 11 is 0. The Bertz CT molecular complexity index is 309. The van der Waals surface area contributed by atoms with Crippen molar-refractivity contribution >= 4 is 5.97 Å². The number of carbonyl (C=O) groups excluding carboxylic acids is 1. The van der Waals surface area contributed by atoms with Crippen LogP contribution in [0.25, 0.3) is 0 Å². The first-order chi connectivity index (χ1) is 5.65. The topological polar surface area (TPSA) is 59.4 Å². The average Bonchev–Trinajstić information content (AvgIpc) is 2.08. The highest BCUT2D eigenvalue weighted by atomic mass is 16.5. The molecule has 0 radical (unpaired) electrons. The van der Waals surface area contributed by atoms with Crippen LogP contribution in [-0.4, -0.2) is 23.2 Å². The van der Waals surface area contributed by atoms with Crippen LogP contribution in [0.5, 0.6) is 5.75 Å². The minimum atomic E-state index is -0.557. The van der Waals surface area contributed by atoms with Crippen LogP contribution in [0.1, 0.15) is 16.1 Å². The predicted molar refractivity (Wildman–Crippen MR) is 42.0 cm³/mol. The zero-order valence-corrected chi connectivity index (χ0v) is 6.87. The molecule has 1 rings (SSSR count). The fourth-order valence-corrected chi connectivity index (χ4v) is 0.826. The van der Waals surface area contributed by atoms with E-state index in [1.54, 1.807) is 6.92 Å². The summed E-state index contributed by atoms with van der Waals surface area (Å²) < 4.78 is 4.45. The van der Waals surface area contributed by atoms with Gasteiger partial charge in [0.05, 0.1) is 13.3 Å². The number of hydrogen-bond donors (Lipinski definition) is 1. The number of hydrogen-bond acceptors (Lipinski definition) is 4. The number of aromatic hydroxyl groups is 1. The van der Waals surface area contributed by atoms with E-state index in [4.69, 9.17) is 0 Å². The lowest BCUT2D eigenvalue weighted by Gasteiger charge is -2.01. The summed E-state index contributed by atoms with van der Waals surface area (Å²) in [6, 6.07) is 1.47. The molecule has 4 heteroatoms. The van der Waals surface area contributed by atoms with E-state index < -0.39 is 5.97 Å². The van der Waals surface area contributed by atoms with Gasteiger partial charge in [0.25, 0.3) is 0 Å². The highest BCUT2D eigenvalue weighted by Crippen LogP contribution is 2.16. The fourth-order valence-electron chi connectivity index (χ4n) is 0.826. The van der Waals surface area contributed by atoms with E-state index in [0.717, 1.165) is 0 Å². The van der Waals surface area contributed by atoms with Crippen LogP contribution in [0, 0.1) is 6.92 Å². The molecule has 0 bridgehead atoms. The van der Waals surface area contributed by atoms with Crippen molar-refractivity contribution in [3.63, 3.8) is 0 Å². The Morgan fingerprint density at radius 2 is 2.33 bits per heavy atom. The summed E-state index contributed by atoms with van der Waals surface area (Å²) in [5, 5.41) is 9.17. The van der Waals surface area contributed by atoms with Gasteiger partial charge < -0.3 is 9.84 Å². The van der Waals surface area contributed by atoms with Crippen molar-refractivity contribution in [1.82, 2.24) is 4.98 Å². The van der Waals surface area contributed by atoms with Crippen molar-refractivity contribution in [2.24, 2.45) is 0 Å². The van der Waals surface area contributed by atoms with E-state index in [1.807, 2.05) is 0 Å². The number of ether oxygens (including phenoxy) is 1. The number of nitrogens with zero attached hydrogens (tertiary/aromatic N) is 1. The van der Waals surface area contributed by atoms with Crippen molar-refractivity contribution in [3.05, 3.63) is 23.5 Å². The number of methoxy groups -OCH3 is 1. The second kappa shape index (κ2) is 3.21. The van der Waals surface area contributed by atoms with Gasteiger partial charge in [0, 0.05) is 5.69 Å². The summed E-state index contributed by atoms with van der Waals surface area (Å²) in [4.78, 5) is 14.8. The quantitative estimate of drug-likeness (QED) is 0.631. The van der Waals surface area contributed by atoms with Crippen molar-refractivity contribution in [1.29, 1.82) is 0 Å². The highest BCUT2D eigenvalue weighted by molar-refractivity contribution is 5.92. The Balaban J connectivity index is 3.13. The van der Waals surface area contributed by atoms with Gasteiger partial charge in [-0.1, -0.05) is 0 Å². The van der Waals surface area contributed by atoms with E-state index in [2.05, 4.69) is 9.72 Å². The number of rotatable bonds is 1. The third-order valence-corrected chi connectivity index (χ3v) is 1.42. The molecule has 0 aliphatic carbocycles. The molecule has 0 aliphatic rings. The first kappa shape index (κ1) is 8.52. The number of pyridine rings is 1. The number of aromatic nitrogens is 1. The SMILES string of the molecule is COC(=O)c1cc(C)ncc1O. The van der Waals surface area contributed by atoms with E-state index >= 15 is 0 Å². The molecule has 0 fully saturated rings. The largest absolute Gasteiger partial charge is 0.505 e. The third-order valence-electron chi connectivity index (χ3n) is 1.42. The second-order valence-electron chi connectivity index (χ2n) is 2.33. The zero-order chi connectivity index (χ0) is 9.14. The van der Waals surface area contributed by atoms with Crippen LogP contribution in [0.2, 0.25) is 0 Å². The molecule has 1 heterocycles. The van der Waals surface area contributed by atoms with E-state index in [0.29, 0.717) is 5.69 Å². The summed E-state index contributed by atoms with van der Waals surface area (Å²) in [5.41, 5.74) is 0.804. The number of aryl methyl sites for hydroxylation is 1. The first-order valence-electron chi connectivity index (χ1n) is 3.39. The molecule has 1 N–H and O–H groups in total. The first-order valence-corrected chi connectivity index (χ1v) is 3.39. The standard InChI is InChI=1S/C8H9NO3/c1-5-3-6(8(11)12-2)7(10)4-9-5/h3-4,10H,1-2H3. The van der Waals surface area contributed by atoms with Crippen LogP contribution >= 0.6 is 0 Å². The third kappa shape index (κ3) is 1.53. The molecule has 0 spiro atoms. The van der Waals surface area contributed by atoms with Gasteiger partial charge in [-0.2, -0.15) is 0 Å². The van der Waals surface area contributed by atoms with Crippen molar-refractivity contribution in [2.75, 3.05) is 7.11 Å². The van der Waals surface area contributed by atoms with Crippen LogP contribution < -0.4 is 0 Å². The number of carbonyl (C=O) groups is 1. The maximum atomic E-state index is 11.0. The Morgan fingerprint density at radius 1 is 1.67 bits per heavy atom. The van der Waals surface area contributed by atoms with Gasteiger partial charge in [-0.3, -0.25) is 4.98 Å². The van der Waals surface area contributed by atoms with Gasteiger partial charge in [0.2, 0.25) is 0 Å². The van der Waals surface area contributed by atoms with Gasteiger partial charge in [-0.15, -0.1) is 0 Å². The van der Waals surface area contributed by atoms with Crippen LogP contribution in [0.15, 0.2) is 12.3 Å². The molecule has 0 saturated heterocycles. The second-order valence-corrected chi connectivity index (χ2v) is 2.33. The van der Waals surface area contributed by atoms with Gasteiger partial charge in [0.15, 0.2) is 0 Å². The van der Waals surface area contributed by atoms with E-state index in [1.165, 1.54) is 19.4 Å². The van der Waals surface area contributed by atoms with Gasteiger partial charge in [0.1, 0.15) is 11.3 Å². The van der Waals surface area contributed by atoms with Crippen LogP contribution in [-0.2, 0) is 4.74 Å². The Labute approximate surface area is 69.8 Å². The van der Waals surface area contributed by atoms with Crippen LogP contribution in [0.4, 0.5) is 0 Å². The minimum Gasteiger partial charge on any atom is -0.505 e. The van der Waals surface area contributed by atoms with E-state index in [-0.39, 0.29) is 11.3 Å². The maximum absolute atomic E-state index is 11.0. The zero-order valence-electron chi connectivity index (χ0n) is 6.87. The molecule has 0 aliphatic heterocycles. The van der Waals surface area contributed by atoms with Crippen LogP contribution in [0.3, 0.4) is 0 Å². The normalized spacial score (nSPS) is 9.50. The molecule has 0 saturated carbocycles. The van der Waals surface area contributed by atoms with E-state index in [9.17, 15) is 9.90 Å². The Morgan fingerprint density at radius 3 is 2.92 bits per heavy atom. The van der Waals surface area contributed by atoms with Crippen molar-refractivity contribution < 1.29 is 14.6 Å². The lowest BCUT2D eigenvalue weighted by molar-refractivity contribution is 0.0597.